The van der Waals surface area contributed by atoms with E-state index < -0.39 is 0 Å². The molecule has 1 saturated carbocycles. The molecule has 1 rings (SSSR count). The summed E-state index contributed by atoms with van der Waals surface area (Å²) in [4.78, 5) is 4.62. The van der Waals surface area contributed by atoms with Gasteiger partial charge in [-0.2, -0.15) is 0 Å². The summed E-state index contributed by atoms with van der Waals surface area (Å²) in [6, 6.07) is 0. The fraction of sp³-hybridized carbons (Fsp3) is 0.889. The lowest BCUT2D eigenvalue weighted by Gasteiger charge is -2.13. The highest BCUT2D eigenvalue weighted by Crippen LogP contribution is 2.18. The van der Waals surface area contributed by atoms with Gasteiger partial charge >= 0.3 is 0 Å². The smallest absolute Gasteiger partial charge is 0.0523 e. The first-order chi connectivity index (χ1) is 4.58. The molecule has 0 unspecified atom stereocenters. The average Bonchev–Trinajstić information content (AvgIpc) is 2.12. The molecule has 0 aromatic rings. The zero-order valence-corrected chi connectivity index (χ0v) is 7.28. The maximum atomic E-state index is 4.62. The summed E-state index contributed by atoms with van der Waals surface area (Å²) in [6.45, 7) is 6.50. The molecule has 0 saturated heterocycles. The van der Waals surface area contributed by atoms with Crippen molar-refractivity contribution in [2.45, 2.75) is 52.0 Å². The summed E-state index contributed by atoms with van der Waals surface area (Å²) in [7, 11) is 0. The fourth-order valence-corrected chi connectivity index (χ4v) is 1.37. The van der Waals surface area contributed by atoms with Gasteiger partial charge < -0.3 is 0 Å². The molecule has 0 amide bonds. The second kappa shape index (κ2) is 2.73. The van der Waals surface area contributed by atoms with Crippen LogP contribution in [-0.4, -0.2) is 11.3 Å². The maximum Gasteiger partial charge on any atom is 0.0523 e. The van der Waals surface area contributed by atoms with Gasteiger partial charge in [-0.3, -0.25) is 4.99 Å². The van der Waals surface area contributed by atoms with Crippen LogP contribution in [0.1, 0.15) is 46.5 Å². The molecular formula is C9H17N. The highest BCUT2D eigenvalue weighted by atomic mass is 14.8. The number of hydrogen-bond acceptors (Lipinski definition) is 1. The topological polar surface area (TPSA) is 12.4 Å². The normalized spacial score (nSPS) is 19.7. The van der Waals surface area contributed by atoms with Crippen LogP contribution in [0.5, 0.6) is 0 Å². The van der Waals surface area contributed by atoms with Crippen molar-refractivity contribution in [1.82, 2.24) is 0 Å². The van der Waals surface area contributed by atoms with Gasteiger partial charge in [0.05, 0.1) is 5.54 Å². The van der Waals surface area contributed by atoms with Gasteiger partial charge in [-0.1, -0.05) is 0 Å². The molecule has 0 N–H and O–H groups in total. The monoisotopic (exact) mass is 139 g/mol. The Balaban J connectivity index is 2.53. The van der Waals surface area contributed by atoms with Gasteiger partial charge in [0.25, 0.3) is 0 Å². The number of hydrogen-bond donors (Lipinski definition) is 0. The van der Waals surface area contributed by atoms with Gasteiger partial charge in [-0.05, 0) is 46.5 Å². The Labute approximate surface area is 63.5 Å². The lowest BCUT2D eigenvalue weighted by molar-refractivity contribution is 0.581. The molecule has 58 valence electrons. The van der Waals surface area contributed by atoms with E-state index in [0.29, 0.717) is 0 Å². The number of rotatable bonds is 0. The second-order valence-corrected chi connectivity index (χ2v) is 4.06. The van der Waals surface area contributed by atoms with E-state index in [9.17, 15) is 0 Å². The van der Waals surface area contributed by atoms with Crippen molar-refractivity contribution >= 4 is 5.71 Å². The molecule has 0 atom stereocenters. The van der Waals surface area contributed by atoms with Gasteiger partial charge in [0.15, 0.2) is 0 Å². The number of aliphatic imine (C=N–C) groups is 1. The minimum Gasteiger partial charge on any atom is -0.288 e. The Morgan fingerprint density at radius 2 is 1.60 bits per heavy atom. The highest BCUT2D eigenvalue weighted by Gasteiger charge is 2.12. The molecular weight excluding hydrogens is 122 g/mol. The first-order valence-corrected chi connectivity index (χ1v) is 4.15. The SMILES string of the molecule is CC(C)(C)N=C1CCCC1. The van der Waals surface area contributed by atoms with E-state index in [1.54, 1.807) is 0 Å². The van der Waals surface area contributed by atoms with Crippen LogP contribution in [0.4, 0.5) is 0 Å². The molecule has 1 nitrogen and oxygen atoms in total. The van der Waals surface area contributed by atoms with Crippen LogP contribution in [0.25, 0.3) is 0 Å². The molecule has 1 aliphatic rings. The van der Waals surface area contributed by atoms with Crippen molar-refractivity contribution in [3.05, 3.63) is 0 Å². The first kappa shape index (κ1) is 7.77. The van der Waals surface area contributed by atoms with Gasteiger partial charge in [-0.25, -0.2) is 0 Å². The van der Waals surface area contributed by atoms with Crippen molar-refractivity contribution in [2.75, 3.05) is 0 Å². The van der Waals surface area contributed by atoms with Crippen molar-refractivity contribution in [2.24, 2.45) is 4.99 Å². The second-order valence-electron chi connectivity index (χ2n) is 4.06. The zero-order chi connectivity index (χ0) is 7.61. The Bertz CT molecular complexity index is 131. The van der Waals surface area contributed by atoms with E-state index in [1.165, 1.54) is 31.4 Å². The molecule has 0 spiro atoms. The molecule has 10 heavy (non-hydrogen) atoms. The third-order valence-electron chi connectivity index (χ3n) is 1.67. The Hall–Kier alpha value is -0.330. The van der Waals surface area contributed by atoms with Crippen LogP contribution in [-0.2, 0) is 0 Å². The van der Waals surface area contributed by atoms with E-state index in [4.69, 9.17) is 0 Å². The van der Waals surface area contributed by atoms with Crippen LogP contribution in [0, 0.1) is 0 Å². The van der Waals surface area contributed by atoms with Gasteiger partial charge in [0.2, 0.25) is 0 Å². The van der Waals surface area contributed by atoms with Gasteiger partial charge in [0, 0.05) is 5.71 Å². The molecule has 0 aromatic heterocycles. The van der Waals surface area contributed by atoms with Crippen LogP contribution in [0.3, 0.4) is 0 Å². The van der Waals surface area contributed by atoms with Crippen molar-refractivity contribution in [3.8, 4) is 0 Å². The van der Waals surface area contributed by atoms with E-state index in [-0.39, 0.29) is 5.54 Å². The summed E-state index contributed by atoms with van der Waals surface area (Å²) in [5, 5.41) is 0. The molecule has 0 radical (unpaired) electrons. The molecule has 0 heterocycles. The van der Waals surface area contributed by atoms with Crippen LogP contribution in [0.15, 0.2) is 4.99 Å². The quantitative estimate of drug-likeness (QED) is 0.489. The fourth-order valence-electron chi connectivity index (χ4n) is 1.37. The molecule has 1 heteroatoms. The third-order valence-corrected chi connectivity index (χ3v) is 1.67. The zero-order valence-electron chi connectivity index (χ0n) is 7.28. The van der Waals surface area contributed by atoms with Crippen LogP contribution >= 0.6 is 0 Å². The largest absolute Gasteiger partial charge is 0.288 e. The van der Waals surface area contributed by atoms with Crippen molar-refractivity contribution < 1.29 is 0 Å². The van der Waals surface area contributed by atoms with Crippen molar-refractivity contribution in [1.29, 1.82) is 0 Å². The molecule has 0 bridgehead atoms. The predicted molar refractivity (Wildman–Crippen MR) is 45.7 cm³/mol. The van der Waals surface area contributed by atoms with Crippen molar-refractivity contribution in [3.63, 3.8) is 0 Å². The van der Waals surface area contributed by atoms with Crippen LogP contribution in [0.2, 0.25) is 0 Å². The standard InChI is InChI=1S/C9H17N/c1-9(2,3)10-8-6-4-5-7-8/h4-7H2,1-3H3. The average molecular weight is 139 g/mol. The first-order valence-electron chi connectivity index (χ1n) is 4.15. The molecule has 0 aromatic carbocycles. The highest BCUT2D eigenvalue weighted by molar-refractivity contribution is 5.86. The maximum absolute atomic E-state index is 4.62. The number of nitrogens with zero attached hydrogens (tertiary/aromatic N) is 1. The third kappa shape index (κ3) is 2.51. The van der Waals surface area contributed by atoms with E-state index in [1.807, 2.05) is 0 Å². The Morgan fingerprint density at radius 3 is 2.00 bits per heavy atom. The summed E-state index contributed by atoms with van der Waals surface area (Å²) in [5.41, 5.74) is 1.59. The van der Waals surface area contributed by atoms with E-state index in [0.717, 1.165) is 0 Å². The van der Waals surface area contributed by atoms with E-state index in [2.05, 4.69) is 25.8 Å². The summed E-state index contributed by atoms with van der Waals surface area (Å²) < 4.78 is 0. The lowest BCUT2D eigenvalue weighted by Crippen LogP contribution is -2.12. The van der Waals surface area contributed by atoms with Crippen LogP contribution < -0.4 is 0 Å². The molecule has 1 fully saturated rings. The summed E-state index contributed by atoms with van der Waals surface area (Å²) in [5.74, 6) is 0. The minimum absolute atomic E-state index is 0.152. The Kier molecular flexibility index (Phi) is 2.12. The summed E-state index contributed by atoms with van der Waals surface area (Å²) >= 11 is 0. The Morgan fingerprint density at radius 1 is 1.10 bits per heavy atom. The predicted octanol–water partition coefficient (Wildman–Crippen LogP) is 2.80. The molecule has 1 aliphatic carbocycles. The van der Waals surface area contributed by atoms with E-state index >= 15 is 0 Å². The van der Waals surface area contributed by atoms with Gasteiger partial charge in [0.1, 0.15) is 0 Å². The van der Waals surface area contributed by atoms with Gasteiger partial charge in [-0.15, -0.1) is 0 Å². The minimum atomic E-state index is 0.152. The molecule has 0 aliphatic heterocycles. The lowest BCUT2D eigenvalue weighted by atomic mass is 10.1. The summed E-state index contributed by atoms with van der Waals surface area (Å²) in [6.07, 6.45) is 5.21.